The molecule has 15 heteroatoms. The Morgan fingerprint density at radius 2 is 1.11 bits per heavy atom. The fourth-order valence-electron chi connectivity index (χ4n) is 4.00. The molecule has 2 aliphatic rings. The molecule has 0 aromatic heterocycles. The number of nitrogen functional groups attached to an aromatic ring is 1. The summed E-state index contributed by atoms with van der Waals surface area (Å²) in [5.74, 6) is -1.12. The van der Waals surface area contributed by atoms with E-state index in [9.17, 15) is 34.6 Å². The van der Waals surface area contributed by atoms with Crippen LogP contribution in [-0.4, -0.2) is 71.2 Å². The van der Waals surface area contributed by atoms with E-state index < -0.39 is 15.8 Å². The number of amides is 2. The summed E-state index contributed by atoms with van der Waals surface area (Å²) in [6, 6.07) is 19.3. The summed E-state index contributed by atoms with van der Waals surface area (Å²) >= 11 is 0. The van der Waals surface area contributed by atoms with Crippen molar-refractivity contribution in [3.8, 4) is 0 Å². The minimum Gasteiger partial charge on any atom is -0.481 e. The van der Waals surface area contributed by atoms with Gasteiger partial charge in [0, 0.05) is 30.0 Å². The van der Waals surface area contributed by atoms with Crippen molar-refractivity contribution in [1.29, 1.82) is 0 Å². The summed E-state index contributed by atoms with van der Waals surface area (Å²) in [6.07, 6.45) is 0.335. The van der Waals surface area contributed by atoms with Crippen molar-refractivity contribution in [1.82, 2.24) is 10.6 Å². The van der Waals surface area contributed by atoms with Crippen molar-refractivity contribution in [2.24, 2.45) is 0 Å². The van der Waals surface area contributed by atoms with Crippen LogP contribution >= 0.6 is 0 Å². The zero-order valence-electron chi connectivity index (χ0n) is 24.1. The number of carboxylic acid groups (broad SMARTS) is 1. The van der Waals surface area contributed by atoms with E-state index in [2.05, 4.69) is 10.6 Å². The molecule has 0 saturated carbocycles. The second kappa shape index (κ2) is 17.0. The summed E-state index contributed by atoms with van der Waals surface area (Å²) in [4.78, 5) is 53.2. The fraction of sp³-hybridized carbons (Fsp3) is 0.300. The molecule has 0 unspecified atom stereocenters. The van der Waals surface area contributed by atoms with Gasteiger partial charge in [0.25, 0.3) is 11.4 Å². The Morgan fingerprint density at radius 3 is 1.47 bits per heavy atom. The molecule has 0 aliphatic carbocycles. The maximum Gasteiger partial charge on any atom is 0.307 e. The van der Waals surface area contributed by atoms with Crippen LogP contribution in [0.15, 0.2) is 72.8 Å². The summed E-state index contributed by atoms with van der Waals surface area (Å²) < 4.78 is 9.90. The summed E-state index contributed by atoms with van der Waals surface area (Å²) in [6.45, 7) is 2.34. The standard InChI is InChI=1S/C11H12N2O4.C11H14N2O2.C8H7NO4/c14-11(12-9-6-17-7-9)5-8-2-1-3-10(4-8)13(15)16;12-9-3-1-2-8(4-9)5-11(14)13-10-6-15-7-10;10-8(11)5-6-2-1-3-7(4-6)9(12)13/h1-4,9H,5-7H2,(H,12,14);1-4,10H,5-7,12H2,(H,13,14);1-4H,5H2,(H,10,11). The molecule has 0 radical (unpaired) electrons. The Labute approximate surface area is 257 Å². The van der Waals surface area contributed by atoms with Crippen molar-refractivity contribution >= 4 is 34.8 Å². The number of nitrogens with one attached hydrogen (secondary N) is 2. The molecule has 5 rings (SSSR count). The van der Waals surface area contributed by atoms with E-state index in [1.165, 1.54) is 30.3 Å². The van der Waals surface area contributed by atoms with E-state index in [1.807, 2.05) is 18.2 Å². The third-order valence-corrected chi connectivity index (χ3v) is 6.28. The van der Waals surface area contributed by atoms with Crippen LogP contribution in [0.3, 0.4) is 0 Å². The van der Waals surface area contributed by atoms with Crippen molar-refractivity contribution in [3.05, 3.63) is 110 Å². The van der Waals surface area contributed by atoms with Crippen LogP contribution in [0.1, 0.15) is 16.7 Å². The number of nitro benzene ring substituents is 2. The number of carbonyl (C=O) groups is 3. The van der Waals surface area contributed by atoms with E-state index in [0.717, 1.165) is 5.56 Å². The SMILES string of the molecule is Nc1cccc(CC(=O)NC2COC2)c1.O=C(Cc1cccc([N+](=O)[O-])c1)NC1COC1.O=C(O)Cc1cccc([N+](=O)[O-])c1. The van der Waals surface area contributed by atoms with Gasteiger partial charge in [-0.1, -0.05) is 36.4 Å². The number of nitro groups is 2. The number of carboxylic acids is 1. The second-order valence-corrected chi connectivity index (χ2v) is 10.1. The first-order valence-corrected chi connectivity index (χ1v) is 13.8. The molecule has 2 amide bonds. The highest BCUT2D eigenvalue weighted by Crippen LogP contribution is 2.14. The molecular weight excluding hydrogens is 590 g/mol. The normalized spacial score (nSPS) is 13.7. The number of hydrogen-bond acceptors (Lipinski definition) is 10. The Balaban J connectivity index is 0.000000186. The highest BCUT2D eigenvalue weighted by Gasteiger charge is 2.21. The molecule has 3 aromatic rings. The third-order valence-electron chi connectivity index (χ3n) is 6.28. The summed E-state index contributed by atoms with van der Waals surface area (Å²) in [5.41, 5.74) is 8.23. The predicted molar refractivity (Wildman–Crippen MR) is 161 cm³/mol. The molecule has 3 aromatic carbocycles. The average molecular weight is 624 g/mol. The van der Waals surface area contributed by atoms with Gasteiger partial charge in [-0.2, -0.15) is 0 Å². The zero-order chi connectivity index (χ0) is 32.8. The number of nitrogens with zero attached hydrogens (tertiary/aromatic N) is 2. The van der Waals surface area contributed by atoms with Crippen LogP contribution in [0.25, 0.3) is 0 Å². The van der Waals surface area contributed by atoms with E-state index in [-0.39, 0.29) is 48.1 Å². The lowest BCUT2D eigenvalue weighted by Gasteiger charge is -2.26. The Kier molecular flexibility index (Phi) is 12.9. The smallest absolute Gasteiger partial charge is 0.307 e. The van der Waals surface area contributed by atoms with E-state index >= 15 is 0 Å². The molecule has 0 atom stereocenters. The van der Waals surface area contributed by atoms with Crippen molar-refractivity contribution in [2.75, 3.05) is 32.2 Å². The van der Waals surface area contributed by atoms with Crippen LogP contribution in [0.4, 0.5) is 17.1 Å². The van der Waals surface area contributed by atoms with Crippen LogP contribution < -0.4 is 16.4 Å². The number of non-ortho nitro benzene ring substituents is 2. The number of anilines is 1. The number of nitrogens with two attached hydrogens (primary N) is 1. The highest BCUT2D eigenvalue weighted by atomic mass is 16.6. The van der Waals surface area contributed by atoms with Crippen molar-refractivity contribution < 1.29 is 38.8 Å². The number of ether oxygens (including phenoxy) is 2. The number of benzene rings is 3. The second-order valence-electron chi connectivity index (χ2n) is 10.1. The Hall–Kier alpha value is -5.41. The quantitative estimate of drug-likeness (QED) is 0.145. The highest BCUT2D eigenvalue weighted by molar-refractivity contribution is 5.79. The van der Waals surface area contributed by atoms with Gasteiger partial charge in [0.05, 0.1) is 67.6 Å². The minimum absolute atomic E-state index is 0.00211. The number of hydrogen-bond donors (Lipinski definition) is 4. The Morgan fingerprint density at radius 1 is 0.711 bits per heavy atom. The van der Waals surface area contributed by atoms with Crippen LogP contribution in [0, 0.1) is 20.2 Å². The van der Waals surface area contributed by atoms with Gasteiger partial charge in [-0.05, 0) is 28.8 Å². The Bertz CT molecular complexity index is 1510. The molecule has 15 nitrogen and oxygen atoms in total. The molecule has 2 aliphatic heterocycles. The number of carbonyl (C=O) groups excluding carboxylic acids is 2. The third kappa shape index (κ3) is 12.4. The van der Waals surface area contributed by atoms with E-state index in [4.69, 9.17) is 20.3 Å². The lowest BCUT2D eigenvalue weighted by atomic mass is 10.1. The van der Waals surface area contributed by atoms with Crippen LogP contribution in [-0.2, 0) is 43.1 Å². The zero-order valence-corrected chi connectivity index (χ0v) is 24.1. The fourth-order valence-corrected chi connectivity index (χ4v) is 4.00. The topological polar surface area (TPSA) is 226 Å². The van der Waals surface area contributed by atoms with Gasteiger partial charge in [-0.25, -0.2) is 0 Å². The monoisotopic (exact) mass is 623 g/mol. The molecule has 45 heavy (non-hydrogen) atoms. The average Bonchev–Trinajstić information content (AvgIpc) is 2.93. The van der Waals surface area contributed by atoms with Gasteiger partial charge in [0.1, 0.15) is 0 Å². The van der Waals surface area contributed by atoms with Gasteiger partial charge in [0.15, 0.2) is 0 Å². The molecule has 238 valence electrons. The van der Waals surface area contributed by atoms with Crippen LogP contribution in [0.2, 0.25) is 0 Å². The lowest BCUT2D eigenvalue weighted by Crippen LogP contribution is -2.49. The largest absolute Gasteiger partial charge is 0.481 e. The van der Waals surface area contributed by atoms with Gasteiger partial charge >= 0.3 is 5.97 Å². The van der Waals surface area contributed by atoms with Crippen molar-refractivity contribution in [3.63, 3.8) is 0 Å². The molecule has 2 fully saturated rings. The first-order chi connectivity index (χ1) is 21.5. The van der Waals surface area contributed by atoms with Crippen molar-refractivity contribution in [2.45, 2.75) is 31.3 Å². The maximum atomic E-state index is 11.6. The minimum atomic E-state index is -1.000. The first-order valence-electron chi connectivity index (χ1n) is 13.8. The van der Waals surface area contributed by atoms with E-state index in [0.29, 0.717) is 49.7 Å². The molecule has 0 spiro atoms. The number of rotatable bonds is 10. The molecule has 0 bridgehead atoms. The van der Waals surface area contributed by atoms with Crippen LogP contribution in [0.5, 0.6) is 0 Å². The molecular formula is C30H33N5O10. The molecule has 2 saturated heterocycles. The van der Waals surface area contributed by atoms with E-state index in [1.54, 1.807) is 24.3 Å². The summed E-state index contributed by atoms with van der Waals surface area (Å²) in [5, 5.41) is 34.9. The first kappa shape index (κ1) is 34.1. The number of aliphatic carboxylic acids is 1. The maximum absolute atomic E-state index is 11.6. The molecule has 5 N–H and O–H groups in total. The summed E-state index contributed by atoms with van der Waals surface area (Å²) in [7, 11) is 0. The van der Waals surface area contributed by atoms with Gasteiger partial charge < -0.3 is 30.9 Å². The lowest BCUT2D eigenvalue weighted by molar-refractivity contribution is -0.385. The van der Waals surface area contributed by atoms with Gasteiger partial charge in [-0.15, -0.1) is 0 Å². The predicted octanol–water partition coefficient (Wildman–Crippen LogP) is 2.20. The molecule has 2 heterocycles. The van der Waals surface area contributed by atoms with Gasteiger partial charge in [-0.3, -0.25) is 34.6 Å². The van der Waals surface area contributed by atoms with Gasteiger partial charge in [0.2, 0.25) is 11.8 Å².